The molecule has 1 aromatic heterocycles. The average Bonchev–Trinajstić information content (AvgIpc) is 2.75. The van der Waals surface area contributed by atoms with Crippen molar-refractivity contribution in [2.75, 3.05) is 7.11 Å². The second-order valence-electron chi connectivity index (χ2n) is 3.58. The van der Waals surface area contributed by atoms with Gasteiger partial charge in [0, 0.05) is 9.35 Å². The normalized spacial score (nSPS) is 10.3. The van der Waals surface area contributed by atoms with Crippen LogP contribution in [-0.2, 0) is 0 Å². The Bertz CT molecular complexity index is 560. The molecule has 2 aromatic rings. The molecular weight excluding hydrogens is 300 g/mol. The zero-order chi connectivity index (χ0) is 12.4. The minimum atomic E-state index is 0.00690. The highest BCUT2D eigenvalue weighted by Crippen LogP contribution is 2.27. The number of hydrogen-bond acceptors (Lipinski definition) is 3. The van der Waals surface area contributed by atoms with Gasteiger partial charge in [0.05, 0.1) is 17.6 Å². The lowest BCUT2D eigenvalue weighted by atomic mass is 10.1. The largest absolute Gasteiger partial charge is 0.496 e. The van der Waals surface area contributed by atoms with E-state index < -0.39 is 0 Å². The maximum absolute atomic E-state index is 12.3. The van der Waals surface area contributed by atoms with Gasteiger partial charge in [-0.1, -0.05) is 15.9 Å². The summed E-state index contributed by atoms with van der Waals surface area (Å²) in [6, 6.07) is 9.22. The van der Waals surface area contributed by atoms with Gasteiger partial charge in [0.2, 0.25) is 5.78 Å². The third-order valence-corrected chi connectivity index (χ3v) is 3.87. The second kappa shape index (κ2) is 5.02. The van der Waals surface area contributed by atoms with Crippen LogP contribution in [0.15, 0.2) is 34.8 Å². The Morgan fingerprint density at radius 3 is 2.65 bits per heavy atom. The van der Waals surface area contributed by atoms with Crippen molar-refractivity contribution in [1.29, 1.82) is 0 Å². The van der Waals surface area contributed by atoms with E-state index in [0.717, 1.165) is 14.2 Å². The fourth-order valence-corrected chi connectivity index (χ4v) is 2.70. The highest BCUT2D eigenvalue weighted by atomic mass is 79.9. The van der Waals surface area contributed by atoms with Crippen LogP contribution in [0.3, 0.4) is 0 Å². The van der Waals surface area contributed by atoms with Crippen molar-refractivity contribution in [3.8, 4) is 5.75 Å². The van der Waals surface area contributed by atoms with Gasteiger partial charge >= 0.3 is 0 Å². The number of thiophene rings is 1. The fourth-order valence-electron chi connectivity index (χ4n) is 1.54. The first-order valence-electron chi connectivity index (χ1n) is 5.06. The Morgan fingerprint density at radius 2 is 2.06 bits per heavy atom. The minimum absolute atomic E-state index is 0.00690. The van der Waals surface area contributed by atoms with Crippen LogP contribution in [0.2, 0.25) is 0 Å². The molecule has 0 amide bonds. The summed E-state index contributed by atoms with van der Waals surface area (Å²) in [4.78, 5) is 14.1. The van der Waals surface area contributed by atoms with Crippen LogP contribution in [0, 0.1) is 6.92 Å². The first kappa shape index (κ1) is 12.3. The van der Waals surface area contributed by atoms with Gasteiger partial charge in [-0.05, 0) is 37.3 Å². The molecule has 1 heterocycles. The molecule has 0 atom stereocenters. The maximum atomic E-state index is 12.3. The molecule has 2 rings (SSSR count). The van der Waals surface area contributed by atoms with E-state index in [1.165, 1.54) is 11.3 Å². The molecule has 1 aromatic carbocycles. The fraction of sp³-hybridized carbons (Fsp3) is 0.154. The molecule has 0 bridgehead atoms. The summed E-state index contributed by atoms with van der Waals surface area (Å²) in [6.07, 6.45) is 0. The third-order valence-electron chi connectivity index (χ3n) is 2.37. The van der Waals surface area contributed by atoms with E-state index in [0.29, 0.717) is 11.3 Å². The maximum Gasteiger partial charge on any atom is 0.206 e. The van der Waals surface area contributed by atoms with Crippen LogP contribution in [0.4, 0.5) is 0 Å². The summed E-state index contributed by atoms with van der Waals surface area (Å²) in [5.41, 5.74) is 0.595. The van der Waals surface area contributed by atoms with E-state index in [9.17, 15) is 4.79 Å². The van der Waals surface area contributed by atoms with E-state index in [1.54, 1.807) is 19.2 Å². The summed E-state index contributed by atoms with van der Waals surface area (Å²) in [5.74, 6) is 0.600. The average molecular weight is 311 g/mol. The molecule has 0 fully saturated rings. The standard InChI is InChI=1S/C13H11BrO2S/c1-8-3-6-12(17-8)13(15)10-5-4-9(14)7-11(10)16-2/h3-7H,1-2H3. The molecule has 0 saturated heterocycles. The Balaban J connectivity index is 2.43. The number of benzene rings is 1. The van der Waals surface area contributed by atoms with E-state index in [4.69, 9.17) is 4.74 Å². The molecular formula is C13H11BrO2S. The first-order chi connectivity index (χ1) is 8.11. The van der Waals surface area contributed by atoms with Gasteiger partial charge in [-0.15, -0.1) is 11.3 Å². The van der Waals surface area contributed by atoms with Crippen LogP contribution >= 0.6 is 27.3 Å². The van der Waals surface area contributed by atoms with Gasteiger partial charge in [-0.3, -0.25) is 4.79 Å². The molecule has 0 unspecified atom stereocenters. The number of carbonyl (C=O) groups is 1. The quantitative estimate of drug-likeness (QED) is 0.799. The SMILES string of the molecule is COc1cc(Br)ccc1C(=O)c1ccc(C)s1. The Morgan fingerprint density at radius 1 is 1.29 bits per heavy atom. The van der Waals surface area contributed by atoms with Crippen molar-refractivity contribution in [2.24, 2.45) is 0 Å². The number of methoxy groups -OCH3 is 1. The number of ether oxygens (including phenoxy) is 1. The van der Waals surface area contributed by atoms with Gasteiger partial charge < -0.3 is 4.74 Å². The smallest absolute Gasteiger partial charge is 0.206 e. The van der Waals surface area contributed by atoms with E-state index in [-0.39, 0.29) is 5.78 Å². The summed E-state index contributed by atoms with van der Waals surface area (Å²) in [5, 5.41) is 0. The van der Waals surface area contributed by atoms with Crippen LogP contribution < -0.4 is 4.74 Å². The van der Waals surface area contributed by atoms with Crippen LogP contribution in [0.1, 0.15) is 20.1 Å². The molecule has 0 aliphatic heterocycles. The van der Waals surface area contributed by atoms with Gasteiger partial charge in [0.25, 0.3) is 0 Å². The van der Waals surface area contributed by atoms with Gasteiger partial charge in [-0.25, -0.2) is 0 Å². The first-order valence-corrected chi connectivity index (χ1v) is 6.67. The minimum Gasteiger partial charge on any atom is -0.496 e. The van der Waals surface area contributed by atoms with Gasteiger partial charge in [0.1, 0.15) is 5.75 Å². The molecule has 0 N–H and O–H groups in total. The van der Waals surface area contributed by atoms with E-state index in [1.807, 2.05) is 25.1 Å². The topological polar surface area (TPSA) is 26.3 Å². The highest BCUT2D eigenvalue weighted by Gasteiger charge is 2.16. The zero-order valence-corrected chi connectivity index (χ0v) is 11.9. The van der Waals surface area contributed by atoms with Crippen LogP contribution in [-0.4, -0.2) is 12.9 Å². The number of carbonyl (C=O) groups excluding carboxylic acids is 1. The van der Waals surface area contributed by atoms with Crippen molar-refractivity contribution in [1.82, 2.24) is 0 Å². The predicted molar refractivity (Wildman–Crippen MR) is 73.2 cm³/mol. The highest BCUT2D eigenvalue weighted by molar-refractivity contribution is 9.10. The van der Waals surface area contributed by atoms with Crippen LogP contribution in [0.25, 0.3) is 0 Å². The Hall–Kier alpha value is -1.13. The molecule has 4 heteroatoms. The number of halogens is 1. The molecule has 0 spiro atoms. The summed E-state index contributed by atoms with van der Waals surface area (Å²) in [7, 11) is 1.57. The molecule has 2 nitrogen and oxygen atoms in total. The lowest BCUT2D eigenvalue weighted by Crippen LogP contribution is -2.01. The molecule has 0 radical (unpaired) electrons. The van der Waals surface area contributed by atoms with Gasteiger partial charge in [-0.2, -0.15) is 0 Å². The summed E-state index contributed by atoms with van der Waals surface area (Å²) >= 11 is 4.86. The summed E-state index contributed by atoms with van der Waals surface area (Å²) < 4.78 is 6.13. The second-order valence-corrected chi connectivity index (χ2v) is 5.79. The van der Waals surface area contributed by atoms with Crippen molar-refractivity contribution < 1.29 is 9.53 Å². The number of aryl methyl sites for hydroxylation is 1. The van der Waals surface area contributed by atoms with Crippen molar-refractivity contribution in [2.45, 2.75) is 6.92 Å². The molecule has 0 aliphatic carbocycles. The lowest BCUT2D eigenvalue weighted by molar-refractivity contribution is 0.103. The van der Waals surface area contributed by atoms with Crippen molar-refractivity contribution in [3.63, 3.8) is 0 Å². The zero-order valence-electron chi connectivity index (χ0n) is 9.49. The Kier molecular flexibility index (Phi) is 3.64. The van der Waals surface area contributed by atoms with Gasteiger partial charge in [0.15, 0.2) is 0 Å². The van der Waals surface area contributed by atoms with Crippen molar-refractivity contribution in [3.05, 3.63) is 50.1 Å². The number of ketones is 1. The molecule has 17 heavy (non-hydrogen) atoms. The van der Waals surface area contributed by atoms with E-state index >= 15 is 0 Å². The van der Waals surface area contributed by atoms with Crippen molar-refractivity contribution >= 4 is 33.0 Å². The molecule has 88 valence electrons. The number of rotatable bonds is 3. The predicted octanol–water partition coefficient (Wildman–Crippen LogP) is 4.06. The monoisotopic (exact) mass is 310 g/mol. The number of hydrogen-bond donors (Lipinski definition) is 0. The van der Waals surface area contributed by atoms with E-state index in [2.05, 4.69) is 15.9 Å². The third kappa shape index (κ3) is 2.58. The summed E-state index contributed by atoms with van der Waals surface area (Å²) in [6.45, 7) is 1.99. The lowest BCUT2D eigenvalue weighted by Gasteiger charge is -2.06. The molecule has 0 saturated carbocycles. The molecule has 0 aliphatic rings. The Labute approximate surface area is 112 Å². The van der Waals surface area contributed by atoms with Crippen LogP contribution in [0.5, 0.6) is 5.75 Å².